The number of carbonyl (C=O) groups excluding carboxylic acids is 1. The maximum atomic E-state index is 12.4. The number of halogens is 1. The van der Waals surface area contributed by atoms with Gasteiger partial charge in [-0.25, -0.2) is 4.79 Å². The summed E-state index contributed by atoms with van der Waals surface area (Å²) in [5.41, 5.74) is 7.80. The lowest BCUT2D eigenvalue weighted by molar-refractivity contribution is -0.139. The normalized spacial score (nSPS) is 17.6. The molecule has 1 heterocycles. The van der Waals surface area contributed by atoms with Crippen LogP contribution >= 0.6 is 11.6 Å². The first-order valence-corrected chi connectivity index (χ1v) is 7.50. The molecule has 1 atom stereocenters. The molecule has 2 N–H and O–H groups in total. The summed E-state index contributed by atoms with van der Waals surface area (Å²) in [4.78, 5) is 12.4. The number of nitrogens with zero attached hydrogens (tertiary/aromatic N) is 1. The van der Waals surface area contributed by atoms with Crippen molar-refractivity contribution in [3.8, 4) is 6.07 Å². The number of benzene rings is 1. The van der Waals surface area contributed by atoms with Crippen LogP contribution in [0.2, 0.25) is 5.02 Å². The first-order valence-electron chi connectivity index (χ1n) is 7.12. The molecule has 1 aliphatic heterocycles. The van der Waals surface area contributed by atoms with Crippen LogP contribution in [0.4, 0.5) is 0 Å². The minimum Gasteiger partial charge on any atom is -0.463 e. The molecule has 0 amide bonds. The molecule has 120 valence electrons. The van der Waals surface area contributed by atoms with Gasteiger partial charge in [0.25, 0.3) is 0 Å². The lowest BCUT2D eigenvalue weighted by Crippen LogP contribution is -2.25. The lowest BCUT2D eigenvalue weighted by atomic mass is 9.83. The van der Waals surface area contributed by atoms with Crippen LogP contribution < -0.4 is 5.73 Å². The fourth-order valence-corrected chi connectivity index (χ4v) is 2.88. The predicted octanol–water partition coefficient (Wildman–Crippen LogP) is 3.29. The zero-order valence-corrected chi connectivity index (χ0v) is 13.9. The molecule has 0 bridgehead atoms. The molecule has 0 saturated heterocycles. The summed E-state index contributed by atoms with van der Waals surface area (Å²) in [5.74, 6) is -0.978. The van der Waals surface area contributed by atoms with Crippen LogP contribution in [-0.2, 0) is 14.3 Å². The van der Waals surface area contributed by atoms with Crippen LogP contribution in [0.15, 0.2) is 41.0 Å². The van der Waals surface area contributed by atoms with Gasteiger partial charge in [-0.2, -0.15) is 5.26 Å². The molecule has 1 aliphatic rings. The lowest BCUT2D eigenvalue weighted by Gasteiger charge is -2.27. The zero-order valence-electron chi connectivity index (χ0n) is 13.1. The monoisotopic (exact) mass is 332 g/mol. The summed E-state index contributed by atoms with van der Waals surface area (Å²) in [7, 11) is 0. The van der Waals surface area contributed by atoms with E-state index in [0.29, 0.717) is 16.3 Å². The minimum absolute atomic E-state index is 0.0281. The highest BCUT2D eigenvalue weighted by Crippen LogP contribution is 2.42. The number of hydrogen-bond acceptors (Lipinski definition) is 5. The average Bonchev–Trinajstić information content (AvgIpc) is 2.46. The Morgan fingerprint density at radius 3 is 2.74 bits per heavy atom. The minimum atomic E-state index is -0.708. The number of esters is 1. The van der Waals surface area contributed by atoms with Gasteiger partial charge >= 0.3 is 5.97 Å². The Kier molecular flexibility index (Phi) is 4.97. The van der Waals surface area contributed by atoms with E-state index in [1.165, 1.54) is 0 Å². The van der Waals surface area contributed by atoms with Gasteiger partial charge in [0.05, 0.1) is 18.1 Å². The van der Waals surface area contributed by atoms with Gasteiger partial charge in [-0.15, -0.1) is 0 Å². The van der Waals surface area contributed by atoms with E-state index in [0.717, 1.165) is 5.56 Å². The van der Waals surface area contributed by atoms with Crippen LogP contribution in [-0.4, -0.2) is 12.6 Å². The van der Waals surface area contributed by atoms with E-state index in [-0.39, 0.29) is 23.6 Å². The smallest absolute Gasteiger partial charge is 0.338 e. The predicted molar refractivity (Wildman–Crippen MR) is 86.2 cm³/mol. The van der Waals surface area contributed by atoms with Gasteiger partial charge in [0.1, 0.15) is 17.4 Å². The van der Waals surface area contributed by atoms with Crippen LogP contribution in [0, 0.1) is 18.3 Å². The van der Waals surface area contributed by atoms with E-state index in [9.17, 15) is 10.1 Å². The van der Waals surface area contributed by atoms with Crippen molar-refractivity contribution in [2.75, 3.05) is 6.61 Å². The molecule has 0 fully saturated rings. The summed E-state index contributed by atoms with van der Waals surface area (Å²) >= 11 is 6.34. The fraction of sp³-hybridized carbons (Fsp3) is 0.294. The highest BCUT2D eigenvalue weighted by atomic mass is 35.5. The number of allylic oxidation sites excluding steroid dienone is 2. The topological polar surface area (TPSA) is 85.3 Å². The van der Waals surface area contributed by atoms with Crippen molar-refractivity contribution in [2.24, 2.45) is 5.73 Å². The number of ether oxygens (including phenoxy) is 2. The zero-order chi connectivity index (χ0) is 17.1. The average molecular weight is 333 g/mol. The number of nitrogens with two attached hydrogens (primary N) is 1. The van der Waals surface area contributed by atoms with E-state index in [2.05, 4.69) is 0 Å². The number of carbonyl (C=O) groups is 1. The molecule has 0 aromatic heterocycles. The summed E-state index contributed by atoms with van der Waals surface area (Å²) in [6, 6.07) is 7.44. The number of hydrogen-bond donors (Lipinski definition) is 1. The SMILES string of the molecule is CCOC(=O)C1=C(C)OC(N)=C(C#N)C1c1ccc(C)cc1Cl. The highest BCUT2D eigenvalue weighted by molar-refractivity contribution is 6.31. The van der Waals surface area contributed by atoms with Gasteiger partial charge in [-0.1, -0.05) is 23.7 Å². The Morgan fingerprint density at radius 1 is 1.48 bits per heavy atom. The van der Waals surface area contributed by atoms with Crippen molar-refractivity contribution >= 4 is 17.6 Å². The summed E-state index contributed by atoms with van der Waals surface area (Å²) in [6.45, 7) is 5.44. The Bertz CT molecular complexity index is 760. The Hall–Kier alpha value is -2.45. The van der Waals surface area contributed by atoms with Gasteiger partial charge in [-0.3, -0.25) is 0 Å². The molecule has 23 heavy (non-hydrogen) atoms. The Balaban J connectivity index is 2.66. The fourth-order valence-electron chi connectivity index (χ4n) is 2.53. The van der Waals surface area contributed by atoms with Crippen molar-refractivity contribution in [1.82, 2.24) is 0 Å². The molecule has 1 aromatic carbocycles. The third-order valence-corrected chi connectivity index (χ3v) is 3.90. The molecule has 1 unspecified atom stereocenters. The third kappa shape index (κ3) is 3.17. The number of rotatable bonds is 3. The molecule has 0 spiro atoms. The Labute approximate surface area is 139 Å². The molecule has 0 aliphatic carbocycles. The maximum absolute atomic E-state index is 12.4. The van der Waals surface area contributed by atoms with E-state index in [1.54, 1.807) is 26.0 Å². The molecule has 2 rings (SSSR count). The van der Waals surface area contributed by atoms with Gasteiger partial charge in [0, 0.05) is 5.02 Å². The highest BCUT2D eigenvalue weighted by Gasteiger charge is 2.37. The van der Waals surface area contributed by atoms with Crippen LogP contribution in [0.25, 0.3) is 0 Å². The van der Waals surface area contributed by atoms with Crippen LogP contribution in [0.3, 0.4) is 0 Å². The standard InChI is InChI=1S/C17H17ClN2O3/c1-4-22-17(21)14-10(3)23-16(20)12(8-19)15(14)11-6-5-9(2)7-13(11)18/h5-7,15H,4,20H2,1-3H3. The van der Waals surface area contributed by atoms with Crippen molar-refractivity contribution in [2.45, 2.75) is 26.7 Å². The van der Waals surface area contributed by atoms with E-state index in [1.807, 2.05) is 19.1 Å². The van der Waals surface area contributed by atoms with E-state index >= 15 is 0 Å². The van der Waals surface area contributed by atoms with Gasteiger partial charge in [0.15, 0.2) is 0 Å². The first kappa shape index (κ1) is 16.9. The second-order valence-corrected chi connectivity index (χ2v) is 5.55. The van der Waals surface area contributed by atoms with Crippen molar-refractivity contribution in [1.29, 1.82) is 5.26 Å². The van der Waals surface area contributed by atoms with E-state index < -0.39 is 11.9 Å². The largest absolute Gasteiger partial charge is 0.463 e. The summed E-state index contributed by atoms with van der Waals surface area (Å²) in [5, 5.41) is 9.92. The molecule has 6 heteroatoms. The molecular weight excluding hydrogens is 316 g/mol. The number of aryl methyl sites for hydroxylation is 1. The third-order valence-electron chi connectivity index (χ3n) is 3.57. The molecule has 0 saturated carbocycles. The quantitative estimate of drug-likeness (QED) is 0.858. The second kappa shape index (κ2) is 6.76. The number of nitriles is 1. The molecule has 5 nitrogen and oxygen atoms in total. The Morgan fingerprint density at radius 2 is 2.17 bits per heavy atom. The van der Waals surface area contributed by atoms with Crippen LogP contribution in [0.1, 0.15) is 30.9 Å². The first-order chi connectivity index (χ1) is 10.9. The molecular formula is C17H17ClN2O3. The van der Waals surface area contributed by atoms with Crippen molar-refractivity contribution in [3.05, 3.63) is 57.1 Å². The second-order valence-electron chi connectivity index (χ2n) is 5.14. The van der Waals surface area contributed by atoms with Crippen LogP contribution in [0.5, 0.6) is 0 Å². The van der Waals surface area contributed by atoms with Crippen molar-refractivity contribution in [3.63, 3.8) is 0 Å². The van der Waals surface area contributed by atoms with Crippen molar-refractivity contribution < 1.29 is 14.3 Å². The van der Waals surface area contributed by atoms with Gasteiger partial charge < -0.3 is 15.2 Å². The molecule has 1 aromatic rings. The van der Waals surface area contributed by atoms with Gasteiger partial charge in [0.2, 0.25) is 5.88 Å². The maximum Gasteiger partial charge on any atom is 0.338 e. The van der Waals surface area contributed by atoms with E-state index in [4.69, 9.17) is 26.8 Å². The molecule has 0 radical (unpaired) electrons. The summed E-state index contributed by atoms with van der Waals surface area (Å²) in [6.07, 6.45) is 0. The summed E-state index contributed by atoms with van der Waals surface area (Å²) < 4.78 is 10.5. The van der Waals surface area contributed by atoms with Gasteiger partial charge in [-0.05, 0) is 38.0 Å².